The Kier molecular flexibility index (Phi) is 3.48. The molecule has 5 rings (SSSR count). The molecule has 0 aliphatic heterocycles. The first-order valence-electron chi connectivity index (χ1n) is 7.79. The van der Waals surface area contributed by atoms with Crippen LogP contribution in [0.3, 0.4) is 0 Å². The van der Waals surface area contributed by atoms with E-state index in [9.17, 15) is 0 Å². The van der Waals surface area contributed by atoms with Gasteiger partial charge in [0.2, 0.25) is 0 Å². The van der Waals surface area contributed by atoms with Crippen LogP contribution in [0.25, 0.3) is 0 Å². The van der Waals surface area contributed by atoms with Crippen LogP contribution in [0.15, 0.2) is 36.4 Å². The zero-order valence-corrected chi connectivity index (χ0v) is 14.3. The van der Waals surface area contributed by atoms with Crippen molar-refractivity contribution in [2.24, 2.45) is 5.92 Å². The van der Waals surface area contributed by atoms with Crippen LogP contribution in [0.4, 0.5) is 0 Å². The minimum atomic E-state index is 0.319. The molecule has 1 unspecified atom stereocenters. The van der Waals surface area contributed by atoms with E-state index in [2.05, 4.69) is 43.3 Å². The number of halogens is 2. The molecule has 0 saturated heterocycles. The molecule has 2 aromatic rings. The number of hydrogen-bond donors (Lipinski definition) is 0. The van der Waals surface area contributed by atoms with Gasteiger partial charge in [0.25, 0.3) is 0 Å². The van der Waals surface area contributed by atoms with Crippen LogP contribution >= 0.6 is 23.2 Å². The summed E-state index contributed by atoms with van der Waals surface area (Å²) in [6, 6.07) is 12.7. The highest BCUT2D eigenvalue weighted by atomic mass is 35.5. The van der Waals surface area contributed by atoms with Crippen molar-refractivity contribution in [3.05, 3.63) is 68.7 Å². The van der Waals surface area contributed by atoms with Gasteiger partial charge in [-0.1, -0.05) is 47.5 Å². The van der Waals surface area contributed by atoms with Crippen molar-refractivity contribution in [3.63, 3.8) is 0 Å². The Morgan fingerprint density at radius 2 is 1.50 bits per heavy atom. The van der Waals surface area contributed by atoms with Crippen LogP contribution in [0.1, 0.15) is 40.5 Å². The van der Waals surface area contributed by atoms with Gasteiger partial charge in [-0.3, -0.25) is 0 Å². The van der Waals surface area contributed by atoms with Crippen LogP contribution in [0.5, 0.6) is 0 Å². The molecule has 0 radical (unpaired) electrons. The van der Waals surface area contributed by atoms with E-state index in [1.54, 1.807) is 0 Å². The highest BCUT2D eigenvalue weighted by Gasteiger charge is 2.45. The fourth-order valence-corrected chi connectivity index (χ4v) is 5.10. The second kappa shape index (κ2) is 5.26. The SMILES string of the molecule is CN(C)CC1CC2c3cccc(Cl)c3C1c1c(Cl)cccc12. The van der Waals surface area contributed by atoms with E-state index in [1.807, 2.05) is 12.1 Å². The predicted octanol–water partition coefficient (Wildman–Crippen LogP) is 5.15. The van der Waals surface area contributed by atoms with Crippen LogP contribution in [0, 0.1) is 5.92 Å². The van der Waals surface area contributed by atoms with Crippen LogP contribution < -0.4 is 0 Å². The van der Waals surface area contributed by atoms with Gasteiger partial charge in [0.1, 0.15) is 0 Å². The number of rotatable bonds is 2. The van der Waals surface area contributed by atoms with Gasteiger partial charge in [-0.05, 0) is 60.8 Å². The van der Waals surface area contributed by atoms with Crippen molar-refractivity contribution in [3.8, 4) is 0 Å². The standard InChI is InChI=1S/C19H19Cl2N/c1-22(2)10-11-9-14-12-5-3-7-15(20)18(12)17(11)19-13(14)6-4-8-16(19)21/h3-8,11,14,17H,9-10H2,1-2H3. The Hall–Kier alpha value is -1.02. The summed E-state index contributed by atoms with van der Waals surface area (Å²) in [6.45, 7) is 1.07. The largest absolute Gasteiger partial charge is 0.309 e. The Morgan fingerprint density at radius 3 is 2.00 bits per heavy atom. The lowest BCUT2D eigenvalue weighted by atomic mass is 9.59. The van der Waals surface area contributed by atoms with E-state index in [0.29, 0.717) is 17.8 Å². The summed E-state index contributed by atoms with van der Waals surface area (Å²) in [7, 11) is 4.28. The Bertz CT molecular complexity index is 685. The van der Waals surface area contributed by atoms with Crippen molar-refractivity contribution in [1.29, 1.82) is 0 Å². The van der Waals surface area contributed by atoms with Gasteiger partial charge in [-0.2, -0.15) is 0 Å². The third-order valence-corrected chi connectivity index (χ3v) is 5.81. The van der Waals surface area contributed by atoms with E-state index >= 15 is 0 Å². The molecule has 1 atom stereocenters. The Balaban J connectivity index is 1.96. The molecule has 2 bridgehead atoms. The van der Waals surface area contributed by atoms with Gasteiger partial charge in [0.05, 0.1) is 0 Å². The first-order chi connectivity index (χ1) is 10.6. The fourth-order valence-electron chi connectivity index (χ4n) is 4.50. The number of hydrogen-bond acceptors (Lipinski definition) is 1. The van der Waals surface area contributed by atoms with Crippen molar-refractivity contribution >= 4 is 23.2 Å². The summed E-state index contributed by atoms with van der Waals surface area (Å²) in [5.74, 6) is 1.32. The van der Waals surface area contributed by atoms with Crippen molar-refractivity contribution in [1.82, 2.24) is 4.90 Å². The monoisotopic (exact) mass is 331 g/mol. The van der Waals surface area contributed by atoms with Gasteiger partial charge in [0, 0.05) is 28.4 Å². The third-order valence-electron chi connectivity index (χ3n) is 5.16. The zero-order chi connectivity index (χ0) is 15.4. The van der Waals surface area contributed by atoms with E-state index in [4.69, 9.17) is 23.2 Å². The summed E-state index contributed by atoms with van der Waals surface area (Å²) in [6.07, 6.45) is 1.18. The molecule has 0 amide bonds. The summed E-state index contributed by atoms with van der Waals surface area (Å²) in [4.78, 5) is 2.28. The van der Waals surface area contributed by atoms with Crippen LogP contribution in [0.2, 0.25) is 10.0 Å². The molecule has 0 N–H and O–H groups in total. The summed E-state index contributed by atoms with van der Waals surface area (Å²) >= 11 is 13.2. The molecule has 2 aromatic carbocycles. The van der Waals surface area contributed by atoms with Crippen molar-refractivity contribution in [2.45, 2.75) is 18.3 Å². The molecule has 1 nitrogen and oxygen atoms in total. The number of nitrogens with zero attached hydrogens (tertiary/aromatic N) is 1. The smallest absolute Gasteiger partial charge is 0.0447 e. The molecule has 0 heterocycles. The maximum absolute atomic E-state index is 6.60. The lowest BCUT2D eigenvalue weighted by molar-refractivity contribution is 0.260. The minimum absolute atomic E-state index is 0.319. The molecule has 0 fully saturated rings. The molecular formula is C19H19Cl2N. The molecule has 3 heteroatoms. The van der Waals surface area contributed by atoms with Crippen LogP contribution in [-0.4, -0.2) is 25.5 Å². The van der Waals surface area contributed by atoms with Gasteiger partial charge < -0.3 is 4.90 Å². The molecule has 22 heavy (non-hydrogen) atoms. The van der Waals surface area contributed by atoms with Crippen molar-refractivity contribution < 1.29 is 0 Å². The first kappa shape index (κ1) is 14.6. The number of fused-ring (bicyclic) bond motifs is 1. The molecule has 0 aromatic heterocycles. The lowest BCUT2D eigenvalue weighted by Gasteiger charge is -2.47. The maximum atomic E-state index is 6.60. The van der Waals surface area contributed by atoms with Gasteiger partial charge in [-0.25, -0.2) is 0 Å². The minimum Gasteiger partial charge on any atom is -0.309 e. The van der Waals surface area contributed by atoms with Gasteiger partial charge in [0.15, 0.2) is 0 Å². The van der Waals surface area contributed by atoms with Gasteiger partial charge in [-0.15, -0.1) is 0 Å². The van der Waals surface area contributed by atoms with Crippen molar-refractivity contribution in [2.75, 3.05) is 20.6 Å². The second-order valence-corrected chi connectivity index (χ2v) is 7.59. The Labute approximate surface area is 141 Å². The normalized spacial score (nSPS) is 25.2. The van der Waals surface area contributed by atoms with E-state index in [-0.39, 0.29) is 0 Å². The van der Waals surface area contributed by atoms with Crippen LogP contribution in [-0.2, 0) is 0 Å². The zero-order valence-electron chi connectivity index (χ0n) is 12.8. The summed E-state index contributed by atoms with van der Waals surface area (Å²) in [5, 5.41) is 1.78. The maximum Gasteiger partial charge on any atom is 0.0447 e. The molecule has 0 spiro atoms. The topological polar surface area (TPSA) is 3.24 Å². The molecular weight excluding hydrogens is 313 g/mol. The van der Waals surface area contributed by atoms with E-state index < -0.39 is 0 Å². The molecule has 3 aliphatic rings. The fraction of sp³-hybridized carbons (Fsp3) is 0.368. The first-order valence-corrected chi connectivity index (χ1v) is 8.55. The highest BCUT2D eigenvalue weighted by molar-refractivity contribution is 6.32. The van der Waals surface area contributed by atoms with E-state index in [0.717, 1.165) is 16.6 Å². The highest BCUT2D eigenvalue weighted by Crippen LogP contribution is 2.58. The molecule has 0 saturated carbocycles. The lowest BCUT2D eigenvalue weighted by Crippen LogP contribution is -2.37. The number of benzene rings is 2. The summed E-state index contributed by atoms with van der Waals surface area (Å²) < 4.78 is 0. The Morgan fingerprint density at radius 1 is 0.955 bits per heavy atom. The van der Waals surface area contributed by atoms with E-state index in [1.165, 1.54) is 28.7 Å². The second-order valence-electron chi connectivity index (χ2n) is 6.77. The summed E-state index contributed by atoms with van der Waals surface area (Å²) in [5.41, 5.74) is 5.44. The average Bonchev–Trinajstić information content (AvgIpc) is 2.47. The average molecular weight is 332 g/mol. The molecule has 3 aliphatic carbocycles. The van der Waals surface area contributed by atoms with Gasteiger partial charge >= 0.3 is 0 Å². The predicted molar refractivity (Wildman–Crippen MR) is 93.3 cm³/mol. The quantitative estimate of drug-likeness (QED) is 0.735. The molecule has 114 valence electrons. The third kappa shape index (κ3) is 2.03.